The zero-order chi connectivity index (χ0) is 62.6. The summed E-state index contributed by atoms with van der Waals surface area (Å²) in [7, 11) is 5.95. The van der Waals surface area contributed by atoms with Gasteiger partial charge in [0.2, 0.25) is 0 Å². The largest absolute Gasteiger partial charge is 0.545 e. The van der Waals surface area contributed by atoms with Gasteiger partial charge in [0.15, 0.2) is 12.4 Å². The van der Waals surface area contributed by atoms with Crippen molar-refractivity contribution in [3.8, 4) is 0 Å². The molecule has 0 aliphatic rings. The second-order valence-electron chi connectivity index (χ2n) is 26.6. The summed E-state index contributed by atoms with van der Waals surface area (Å²) in [5, 5.41) is 11.8. The summed E-state index contributed by atoms with van der Waals surface area (Å²) < 4.78 is 22.9. The van der Waals surface area contributed by atoms with Gasteiger partial charge in [0.05, 0.1) is 40.3 Å². The van der Waals surface area contributed by atoms with Crippen LogP contribution in [0.25, 0.3) is 0 Å². The number of unbranched alkanes of at least 4 members (excludes halogenated alkanes) is 47. The van der Waals surface area contributed by atoms with E-state index in [1.54, 1.807) is 0 Å². The monoisotopic (exact) mass is 1210 g/mol. The van der Waals surface area contributed by atoms with Gasteiger partial charge < -0.3 is 33.3 Å². The zero-order valence-electron chi connectivity index (χ0n) is 57.7. The molecule has 86 heavy (non-hydrogen) atoms. The van der Waals surface area contributed by atoms with Gasteiger partial charge in [0.25, 0.3) is 0 Å². The highest BCUT2D eigenvalue weighted by atomic mass is 16.7. The summed E-state index contributed by atoms with van der Waals surface area (Å²) in [5.41, 5.74) is 0. The van der Waals surface area contributed by atoms with Crippen LogP contribution in [0, 0.1) is 0 Å². The highest BCUT2D eigenvalue weighted by Gasteiger charge is 2.22. The number of carboxylic acids is 1. The number of quaternary nitrogens is 1. The van der Waals surface area contributed by atoms with Crippen molar-refractivity contribution in [2.24, 2.45) is 0 Å². The van der Waals surface area contributed by atoms with E-state index in [0.29, 0.717) is 23.9 Å². The molecule has 504 valence electrons. The lowest BCUT2D eigenvalue weighted by molar-refractivity contribution is -0.870. The normalized spacial score (nSPS) is 12.9. The topological polar surface area (TPSA) is 111 Å². The highest BCUT2D eigenvalue weighted by molar-refractivity contribution is 5.70. The fraction of sp³-hybridized carbons (Fsp3) is 0.857. The average Bonchev–Trinajstić information content (AvgIpc) is 3.64. The van der Waals surface area contributed by atoms with Gasteiger partial charge in [-0.2, -0.15) is 0 Å². The smallest absolute Gasteiger partial charge is 0.306 e. The maximum atomic E-state index is 12.9. The van der Waals surface area contributed by atoms with Crippen LogP contribution in [0.1, 0.15) is 367 Å². The molecule has 0 aromatic carbocycles. The maximum absolute atomic E-state index is 12.9. The van der Waals surface area contributed by atoms with Crippen LogP contribution < -0.4 is 5.11 Å². The Balaban J connectivity index is 4.02. The Morgan fingerprint density at radius 1 is 0.360 bits per heavy atom. The fourth-order valence-corrected chi connectivity index (χ4v) is 11.2. The lowest BCUT2D eigenvalue weighted by atomic mass is 10.0. The van der Waals surface area contributed by atoms with E-state index in [9.17, 15) is 19.5 Å². The van der Waals surface area contributed by atoms with E-state index in [0.717, 1.165) is 57.8 Å². The van der Waals surface area contributed by atoms with Gasteiger partial charge in [-0.25, -0.2) is 0 Å². The van der Waals surface area contributed by atoms with E-state index in [2.05, 4.69) is 62.5 Å². The van der Waals surface area contributed by atoms with Gasteiger partial charge in [-0.1, -0.05) is 351 Å². The molecule has 0 rings (SSSR count). The molecule has 9 nitrogen and oxygen atoms in total. The van der Waals surface area contributed by atoms with Crippen molar-refractivity contribution in [1.82, 2.24) is 0 Å². The third kappa shape index (κ3) is 68.7. The van der Waals surface area contributed by atoms with E-state index in [1.165, 1.54) is 276 Å². The number of carbonyl (C=O) groups is 3. The molecule has 0 bridgehead atoms. The van der Waals surface area contributed by atoms with Gasteiger partial charge >= 0.3 is 11.9 Å². The van der Waals surface area contributed by atoms with Crippen molar-refractivity contribution in [2.75, 3.05) is 47.5 Å². The van der Waals surface area contributed by atoms with Crippen molar-refractivity contribution in [2.45, 2.75) is 379 Å². The summed E-state index contributed by atoms with van der Waals surface area (Å²) in [5.74, 6) is -2.26. The Bertz CT molecular complexity index is 1550. The number of aliphatic carboxylic acids is 1. The Morgan fingerprint density at radius 2 is 0.663 bits per heavy atom. The first-order valence-electron chi connectivity index (χ1n) is 37.3. The van der Waals surface area contributed by atoms with Crippen molar-refractivity contribution in [3.63, 3.8) is 0 Å². The third-order valence-corrected chi connectivity index (χ3v) is 16.8. The van der Waals surface area contributed by atoms with E-state index in [4.69, 9.17) is 18.9 Å². The van der Waals surface area contributed by atoms with Gasteiger partial charge in [-0.3, -0.25) is 9.59 Å². The minimum absolute atomic E-state index is 0.150. The second-order valence-corrected chi connectivity index (χ2v) is 26.6. The molecule has 2 unspecified atom stereocenters. The molecule has 9 heteroatoms. The van der Waals surface area contributed by atoms with Crippen LogP contribution in [0.4, 0.5) is 0 Å². The summed E-state index contributed by atoms with van der Waals surface area (Å²) in [4.78, 5) is 37.5. The van der Waals surface area contributed by atoms with Crippen LogP contribution in [-0.4, -0.2) is 82.3 Å². The Morgan fingerprint density at radius 3 is 0.988 bits per heavy atom. The predicted molar refractivity (Wildman–Crippen MR) is 366 cm³/mol. The molecule has 0 amide bonds. The quantitative estimate of drug-likeness (QED) is 0.0195. The van der Waals surface area contributed by atoms with Crippen molar-refractivity contribution in [1.29, 1.82) is 0 Å². The molecule has 0 aliphatic heterocycles. The highest BCUT2D eigenvalue weighted by Crippen LogP contribution is 2.19. The number of hydrogen-bond acceptors (Lipinski definition) is 8. The SMILES string of the molecule is CC/C=C\C/C=C\C/C=C\C/C=C\CCCCCCCCCCCCCCCCCCC(=O)OC(COC(=O)CCCCCCCCCCCCCCCCCCCCCCCCCCCCCCCCCC)COC(OCC[N+](C)(C)C)C(=O)[O-]. The van der Waals surface area contributed by atoms with Crippen LogP contribution in [0.3, 0.4) is 0 Å². The van der Waals surface area contributed by atoms with Crippen LogP contribution >= 0.6 is 0 Å². The number of likely N-dealkylation sites (N-methyl/N-ethyl adjacent to an activating group) is 1. The molecule has 0 aromatic heterocycles. The molecule has 0 heterocycles. The number of nitrogens with zero attached hydrogens (tertiary/aromatic N) is 1. The van der Waals surface area contributed by atoms with E-state index in [-0.39, 0.29) is 32.2 Å². The first-order valence-corrected chi connectivity index (χ1v) is 37.3. The molecule has 0 saturated heterocycles. The molecule has 0 spiro atoms. The first-order chi connectivity index (χ1) is 42.1. The van der Waals surface area contributed by atoms with Crippen molar-refractivity contribution in [3.05, 3.63) is 48.6 Å². The number of esters is 2. The van der Waals surface area contributed by atoms with E-state index in [1.807, 2.05) is 21.1 Å². The second kappa shape index (κ2) is 68.2. The van der Waals surface area contributed by atoms with Crippen molar-refractivity contribution < 1.29 is 42.9 Å². The Hall–Kier alpha value is -2.75. The molecule has 0 fully saturated rings. The summed E-state index contributed by atoms with van der Waals surface area (Å²) in [6.45, 7) is 4.71. The molecular weight excluding hydrogens is 1070 g/mol. The Kier molecular flexibility index (Phi) is 66.0. The number of rotatable bonds is 70. The molecule has 0 aromatic rings. The Labute approximate surface area is 533 Å². The lowest BCUT2D eigenvalue weighted by Crippen LogP contribution is -2.44. The number of ether oxygens (including phenoxy) is 4. The molecule has 0 aliphatic carbocycles. The standard InChI is InChI=1S/C77H143NO8/c1-6-8-10-12-14-16-18-20-22-24-26-28-30-32-34-36-37-38-40-41-43-45-47-49-51-53-55-57-59-61-63-65-67-74(79)84-71-73(72-85-77(76(81)82)83-70-69-78(3,4)5)86-75(80)68-66-64-62-60-58-56-54-52-50-48-46-44-42-39-35-33-31-29-27-25-23-21-19-17-15-13-11-9-7-2/h9,11,15,17,21,23,27,29,73,77H,6-8,10,12-14,16,18-20,22,24-26,28,30-72H2,1-5H3/b11-9-,17-15-,23-21-,29-27-. The minimum atomic E-state index is -1.62. The third-order valence-electron chi connectivity index (χ3n) is 16.8. The minimum Gasteiger partial charge on any atom is -0.545 e. The molecule has 0 saturated carbocycles. The van der Waals surface area contributed by atoms with Gasteiger partial charge in [0, 0.05) is 12.8 Å². The number of allylic oxidation sites excluding steroid dienone is 8. The molecule has 0 N–H and O–H groups in total. The maximum Gasteiger partial charge on any atom is 0.306 e. The summed E-state index contributed by atoms with van der Waals surface area (Å²) >= 11 is 0. The predicted octanol–water partition coefficient (Wildman–Crippen LogP) is 22.0. The van der Waals surface area contributed by atoms with Gasteiger partial charge in [-0.05, 0) is 51.4 Å². The number of carboxylic acid groups (broad SMARTS) is 1. The number of hydrogen-bond donors (Lipinski definition) is 0. The first kappa shape index (κ1) is 83.2. The van der Waals surface area contributed by atoms with Crippen LogP contribution in [0.2, 0.25) is 0 Å². The fourth-order valence-electron chi connectivity index (χ4n) is 11.2. The van der Waals surface area contributed by atoms with E-state index >= 15 is 0 Å². The van der Waals surface area contributed by atoms with Crippen molar-refractivity contribution >= 4 is 17.9 Å². The van der Waals surface area contributed by atoms with Crippen LogP contribution in [-0.2, 0) is 33.3 Å². The van der Waals surface area contributed by atoms with E-state index < -0.39 is 24.3 Å². The van der Waals surface area contributed by atoms with Gasteiger partial charge in [0.1, 0.15) is 13.2 Å². The van der Waals surface area contributed by atoms with Crippen LogP contribution in [0.15, 0.2) is 48.6 Å². The lowest BCUT2D eigenvalue weighted by Gasteiger charge is -2.26. The van der Waals surface area contributed by atoms with Crippen LogP contribution in [0.5, 0.6) is 0 Å². The summed E-state index contributed by atoms with van der Waals surface area (Å²) in [6.07, 6.45) is 85.0. The molecule has 2 atom stereocenters. The average molecular weight is 1210 g/mol. The molecule has 0 radical (unpaired) electrons. The molecular formula is C77H143NO8. The van der Waals surface area contributed by atoms with Gasteiger partial charge in [-0.15, -0.1) is 0 Å². The number of carbonyl (C=O) groups excluding carboxylic acids is 3. The summed E-state index contributed by atoms with van der Waals surface area (Å²) in [6, 6.07) is 0. The zero-order valence-corrected chi connectivity index (χ0v) is 57.7.